The number of rotatable bonds is 6. The second kappa shape index (κ2) is 7.36. The topological polar surface area (TPSA) is 35.6 Å². The molecule has 0 aliphatic carbocycles. The standard InChI is InChI=1S/C15H23F2N3O/c1-10(2)18-8-11-6-12(16)15(13(17)7-11)20(5)9-14(21)19(3)4/h6-7,10,18H,8-9H2,1-5H3. The summed E-state index contributed by atoms with van der Waals surface area (Å²) in [6.07, 6.45) is 0. The van der Waals surface area contributed by atoms with Gasteiger partial charge in [-0.1, -0.05) is 13.8 Å². The number of hydrogen-bond donors (Lipinski definition) is 1. The van der Waals surface area contributed by atoms with Crippen LogP contribution in [0, 0.1) is 11.6 Å². The van der Waals surface area contributed by atoms with Gasteiger partial charge < -0.3 is 15.1 Å². The van der Waals surface area contributed by atoms with Gasteiger partial charge >= 0.3 is 0 Å². The minimum absolute atomic E-state index is 0.0789. The van der Waals surface area contributed by atoms with Gasteiger partial charge in [-0.05, 0) is 17.7 Å². The van der Waals surface area contributed by atoms with Gasteiger partial charge in [-0.2, -0.15) is 0 Å². The van der Waals surface area contributed by atoms with E-state index >= 15 is 0 Å². The summed E-state index contributed by atoms with van der Waals surface area (Å²) in [6, 6.07) is 2.82. The molecule has 0 aliphatic heterocycles. The normalized spacial score (nSPS) is 10.9. The molecule has 118 valence electrons. The summed E-state index contributed by atoms with van der Waals surface area (Å²) in [7, 11) is 4.70. The lowest BCUT2D eigenvalue weighted by Crippen LogP contribution is -2.35. The van der Waals surface area contributed by atoms with Crippen molar-refractivity contribution in [1.29, 1.82) is 0 Å². The fraction of sp³-hybridized carbons (Fsp3) is 0.533. The van der Waals surface area contributed by atoms with Crippen LogP contribution >= 0.6 is 0 Å². The molecule has 0 radical (unpaired) electrons. The molecule has 1 aromatic carbocycles. The maximum Gasteiger partial charge on any atom is 0.241 e. The van der Waals surface area contributed by atoms with Crippen molar-refractivity contribution >= 4 is 11.6 Å². The van der Waals surface area contributed by atoms with Gasteiger partial charge in [0.15, 0.2) is 0 Å². The summed E-state index contributed by atoms with van der Waals surface area (Å²) >= 11 is 0. The van der Waals surface area contributed by atoms with Gasteiger partial charge in [0, 0.05) is 33.7 Å². The quantitative estimate of drug-likeness (QED) is 0.872. The summed E-state index contributed by atoms with van der Waals surface area (Å²) < 4.78 is 28.2. The average Bonchev–Trinajstić information content (AvgIpc) is 2.35. The number of anilines is 1. The molecular weight excluding hydrogens is 276 g/mol. The molecule has 0 saturated heterocycles. The summed E-state index contributed by atoms with van der Waals surface area (Å²) in [5.74, 6) is -1.55. The molecule has 21 heavy (non-hydrogen) atoms. The molecule has 1 rings (SSSR count). The molecule has 0 saturated carbocycles. The average molecular weight is 299 g/mol. The first kappa shape index (κ1) is 17.4. The number of likely N-dealkylation sites (N-methyl/N-ethyl adjacent to an activating group) is 2. The van der Waals surface area contributed by atoms with Crippen LogP contribution in [0.3, 0.4) is 0 Å². The Bertz CT molecular complexity index is 481. The van der Waals surface area contributed by atoms with Gasteiger partial charge in [0.1, 0.15) is 17.3 Å². The van der Waals surface area contributed by atoms with Gasteiger partial charge in [-0.25, -0.2) is 8.78 Å². The van der Waals surface area contributed by atoms with Gasteiger partial charge in [0.25, 0.3) is 0 Å². The van der Waals surface area contributed by atoms with Crippen LogP contribution in [0.2, 0.25) is 0 Å². The van der Waals surface area contributed by atoms with Crippen molar-refractivity contribution in [1.82, 2.24) is 10.2 Å². The van der Waals surface area contributed by atoms with Gasteiger partial charge in [-0.3, -0.25) is 4.79 Å². The zero-order valence-corrected chi connectivity index (χ0v) is 13.2. The summed E-state index contributed by atoms with van der Waals surface area (Å²) in [4.78, 5) is 14.3. The number of hydrogen-bond acceptors (Lipinski definition) is 3. The SMILES string of the molecule is CC(C)NCc1cc(F)c(N(C)CC(=O)N(C)C)c(F)c1. The van der Waals surface area contributed by atoms with E-state index in [0.717, 1.165) is 0 Å². The monoisotopic (exact) mass is 299 g/mol. The Morgan fingerprint density at radius 1 is 1.19 bits per heavy atom. The van der Waals surface area contributed by atoms with E-state index in [1.807, 2.05) is 13.8 Å². The Morgan fingerprint density at radius 2 is 1.71 bits per heavy atom. The van der Waals surface area contributed by atoms with Crippen molar-refractivity contribution in [3.8, 4) is 0 Å². The van der Waals surface area contributed by atoms with Gasteiger partial charge in [0.2, 0.25) is 5.91 Å². The van der Waals surface area contributed by atoms with Crippen LogP contribution in [0.1, 0.15) is 19.4 Å². The number of carbonyl (C=O) groups is 1. The molecule has 1 amide bonds. The summed E-state index contributed by atoms with van der Waals surface area (Å²) in [5, 5.41) is 3.10. The number of halogens is 2. The Balaban J connectivity index is 2.91. The van der Waals surface area contributed by atoms with E-state index in [0.29, 0.717) is 12.1 Å². The van der Waals surface area contributed by atoms with Crippen molar-refractivity contribution in [2.24, 2.45) is 0 Å². The maximum absolute atomic E-state index is 14.1. The maximum atomic E-state index is 14.1. The summed E-state index contributed by atoms with van der Waals surface area (Å²) in [6.45, 7) is 4.24. The predicted molar refractivity (Wildman–Crippen MR) is 80.3 cm³/mol. The molecule has 0 bridgehead atoms. The van der Waals surface area contributed by atoms with Crippen molar-refractivity contribution < 1.29 is 13.6 Å². The Morgan fingerprint density at radius 3 is 2.14 bits per heavy atom. The predicted octanol–water partition coefficient (Wildman–Crippen LogP) is 1.99. The fourth-order valence-corrected chi connectivity index (χ4v) is 1.83. The lowest BCUT2D eigenvalue weighted by Gasteiger charge is -2.22. The third kappa shape index (κ3) is 4.97. The van der Waals surface area contributed by atoms with Crippen molar-refractivity contribution in [3.63, 3.8) is 0 Å². The Kier molecular flexibility index (Phi) is 6.08. The highest BCUT2D eigenvalue weighted by atomic mass is 19.1. The van der Waals surface area contributed by atoms with E-state index < -0.39 is 11.6 Å². The zero-order valence-electron chi connectivity index (χ0n) is 13.2. The van der Waals surface area contributed by atoms with E-state index in [-0.39, 0.29) is 24.2 Å². The van der Waals surface area contributed by atoms with Crippen molar-refractivity contribution in [2.45, 2.75) is 26.4 Å². The molecule has 0 aliphatic rings. The van der Waals surface area contributed by atoms with E-state index in [9.17, 15) is 13.6 Å². The molecule has 0 spiro atoms. The molecule has 6 heteroatoms. The van der Waals surface area contributed by atoms with Crippen LogP contribution in [0.5, 0.6) is 0 Å². The summed E-state index contributed by atoms with van der Waals surface area (Å²) in [5.41, 5.74) is 0.355. The third-order valence-electron chi connectivity index (χ3n) is 3.04. The molecule has 0 fully saturated rings. The Labute approximate surface area is 124 Å². The number of nitrogens with one attached hydrogen (secondary N) is 1. The van der Waals surface area contributed by atoms with Crippen molar-refractivity contribution in [2.75, 3.05) is 32.6 Å². The number of carbonyl (C=O) groups excluding carboxylic acids is 1. The number of amides is 1. The largest absolute Gasteiger partial charge is 0.361 e. The van der Waals surface area contributed by atoms with Crippen molar-refractivity contribution in [3.05, 3.63) is 29.3 Å². The minimum Gasteiger partial charge on any atom is -0.361 e. The molecular formula is C15H23F2N3O. The van der Waals surface area contributed by atoms with Crippen LogP contribution in [0.15, 0.2) is 12.1 Å². The zero-order chi connectivity index (χ0) is 16.2. The number of nitrogens with zero attached hydrogens (tertiary/aromatic N) is 2. The molecule has 0 atom stereocenters. The third-order valence-corrected chi connectivity index (χ3v) is 3.04. The van der Waals surface area contributed by atoms with E-state index in [1.54, 1.807) is 14.1 Å². The highest BCUT2D eigenvalue weighted by molar-refractivity contribution is 5.81. The molecule has 4 nitrogen and oxygen atoms in total. The van der Waals surface area contributed by atoms with Crippen LogP contribution in [0.25, 0.3) is 0 Å². The Hall–Kier alpha value is -1.69. The molecule has 0 aromatic heterocycles. The first-order valence-electron chi connectivity index (χ1n) is 6.85. The van der Waals surface area contributed by atoms with Gasteiger partial charge in [0.05, 0.1) is 6.54 Å². The minimum atomic E-state index is -0.662. The van der Waals surface area contributed by atoms with Crippen LogP contribution in [-0.2, 0) is 11.3 Å². The highest BCUT2D eigenvalue weighted by Gasteiger charge is 2.18. The lowest BCUT2D eigenvalue weighted by atomic mass is 10.1. The van der Waals surface area contributed by atoms with E-state index in [2.05, 4.69) is 5.32 Å². The molecule has 1 N–H and O–H groups in total. The lowest BCUT2D eigenvalue weighted by molar-refractivity contribution is -0.127. The first-order chi connectivity index (χ1) is 9.72. The first-order valence-corrected chi connectivity index (χ1v) is 6.85. The van der Waals surface area contributed by atoms with Gasteiger partial charge in [-0.15, -0.1) is 0 Å². The highest BCUT2D eigenvalue weighted by Crippen LogP contribution is 2.24. The fourth-order valence-electron chi connectivity index (χ4n) is 1.83. The molecule has 0 heterocycles. The van der Waals surface area contributed by atoms with Crippen LogP contribution in [0.4, 0.5) is 14.5 Å². The molecule has 0 unspecified atom stereocenters. The van der Waals surface area contributed by atoms with Crippen LogP contribution < -0.4 is 10.2 Å². The second-order valence-electron chi connectivity index (χ2n) is 5.59. The van der Waals surface area contributed by atoms with E-state index in [4.69, 9.17) is 0 Å². The number of benzene rings is 1. The van der Waals surface area contributed by atoms with Crippen LogP contribution in [-0.4, -0.2) is 44.5 Å². The van der Waals surface area contributed by atoms with E-state index in [1.165, 1.54) is 29.0 Å². The smallest absolute Gasteiger partial charge is 0.241 e. The second-order valence-corrected chi connectivity index (χ2v) is 5.59. The molecule has 1 aromatic rings.